The number of hydrogen-bond donors (Lipinski definition) is 4. The SMILES string of the molecule is C[C@]12CC[C@H](O)C[C@H]1CC[C@@H]1[C@@H]2CC[C@]2(C)[C@@H](C/C=N/Nc3ncc[nH]3)CC[C@]12O. The number of aromatic amines is 1. The van der Waals surface area contributed by atoms with Crippen molar-refractivity contribution in [1.29, 1.82) is 0 Å². The van der Waals surface area contributed by atoms with Crippen LogP contribution in [0.15, 0.2) is 17.5 Å². The Morgan fingerprint density at radius 3 is 2.83 bits per heavy atom. The molecular formula is C24H38N4O2. The van der Waals surface area contributed by atoms with E-state index < -0.39 is 5.60 Å². The summed E-state index contributed by atoms with van der Waals surface area (Å²) in [6, 6.07) is 0. The number of hydrazone groups is 1. The fourth-order valence-corrected chi connectivity index (χ4v) is 8.30. The Morgan fingerprint density at radius 2 is 2.03 bits per heavy atom. The van der Waals surface area contributed by atoms with E-state index in [2.05, 4.69) is 34.3 Å². The van der Waals surface area contributed by atoms with E-state index in [1.54, 1.807) is 12.4 Å². The summed E-state index contributed by atoms with van der Waals surface area (Å²) in [4.78, 5) is 7.12. The molecule has 1 aromatic heterocycles. The molecule has 0 bridgehead atoms. The average Bonchev–Trinajstić information content (AvgIpc) is 3.32. The second kappa shape index (κ2) is 7.33. The molecule has 1 aromatic rings. The van der Waals surface area contributed by atoms with E-state index in [1.165, 1.54) is 12.8 Å². The first kappa shape index (κ1) is 20.5. The van der Waals surface area contributed by atoms with Crippen LogP contribution in [0.2, 0.25) is 0 Å². The Kier molecular flexibility index (Phi) is 5.01. The van der Waals surface area contributed by atoms with Gasteiger partial charge in [0.2, 0.25) is 5.95 Å². The van der Waals surface area contributed by atoms with Gasteiger partial charge < -0.3 is 15.2 Å². The van der Waals surface area contributed by atoms with Crippen LogP contribution in [0.5, 0.6) is 0 Å². The van der Waals surface area contributed by atoms with E-state index in [4.69, 9.17) is 0 Å². The number of aliphatic hydroxyl groups excluding tert-OH is 1. The molecule has 6 nitrogen and oxygen atoms in total. The minimum absolute atomic E-state index is 0.0255. The monoisotopic (exact) mass is 414 g/mol. The molecule has 8 atom stereocenters. The summed E-state index contributed by atoms with van der Waals surface area (Å²) >= 11 is 0. The molecule has 0 aliphatic heterocycles. The van der Waals surface area contributed by atoms with Gasteiger partial charge in [-0.15, -0.1) is 0 Å². The van der Waals surface area contributed by atoms with Gasteiger partial charge in [0, 0.05) is 18.6 Å². The summed E-state index contributed by atoms with van der Waals surface area (Å²) in [5.41, 5.74) is 2.67. The standard InChI is InChI=1S/C24H38N4O2/c1-22-9-6-18(29)15-17(22)3-4-20-19(22)7-10-23(2)16(5-11-24(20,23)30)8-12-27-28-21-25-13-14-26-21/h12-14,16-20,29-30H,3-11,15H2,1-2H3,(H2,25,26,28)/b27-12+/t16-,17-,18+,19+,20-,22+,23-,24+/m1/s1. The lowest BCUT2D eigenvalue weighted by Gasteiger charge is -2.63. The molecule has 4 aliphatic carbocycles. The molecule has 0 radical (unpaired) electrons. The van der Waals surface area contributed by atoms with E-state index in [1.807, 2.05) is 6.21 Å². The summed E-state index contributed by atoms with van der Waals surface area (Å²) in [7, 11) is 0. The van der Waals surface area contributed by atoms with Crippen LogP contribution < -0.4 is 5.43 Å². The predicted octanol–water partition coefficient (Wildman–Crippen LogP) is 4.33. The zero-order valence-electron chi connectivity index (χ0n) is 18.5. The van der Waals surface area contributed by atoms with Crippen LogP contribution in [0, 0.1) is 34.5 Å². The maximum atomic E-state index is 12.2. The molecule has 0 amide bonds. The fourth-order valence-electron chi connectivity index (χ4n) is 8.30. The zero-order valence-corrected chi connectivity index (χ0v) is 18.5. The maximum absolute atomic E-state index is 12.2. The Hall–Kier alpha value is -1.40. The second-order valence-electron chi connectivity index (χ2n) is 11.1. The minimum Gasteiger partial charge on any atom is -0.393 e. The topological polar surface area (TPSA) is 93.5 Å². The average molecular weight is 415 g/mol. The number of H-pyrrole nitrogens is 1. The van der Waals surface area contributed by atoms with Gasteiger partial charge in [-0.25, -0.2) is 10.4 Å². The highest BCUT2D eigenvalue weighted by Gasteiger charge is 2.66. The first-order chi connectivity index (χ1) is 14.4. The van der Waals surface area contributed by atoms with Crippen molar-refractivity contribution >= 4 is 12.2 Å². The minimum atomic E-state index is -0.549. The van der Waals surface area contributed by atoms with Crippen molar-refractivity contribution in [3.8, 4) is 0 Å². The molecule has 1 heterocycles. The third-order valence-electron chi connectivity index (χ3n) is 10.2. The fraction of sp³-hybridized carbons (Fsp3) is 0.833. The van der Waals surface area contributed by atoms with Crippen LogP contribution in [0.4, 0.5) is 5.95 Å². The number of nitrogens with zero attached hydrogens (tertiary/aromatic N) is 2. The normalized spacial score (nSPS) is 48.2. The van der Waals surface area contributed by atoms with Crippen molar-refractivity contribution < 1.29 is 10.2 Å². The van der Waals surface area contributed by atoms with Gasteiger partial charge in [0.05, 0.1) is 11.7 Å². The molecule has 4 saturated carbocycles. The lowest BCUT2D eigenvalue weighted by Crippen LogP contribution is -2.62. The molecule has 30 heavy (non-hydrogen) atoms. The molecular weight excluding hydrogens is 376 g/mol. The summed E-state index contributed by atoms with van der Waals surface area (Å²) in [6.45, 7) is 4.83. The molecule has 4 fully saturated rings. The van der Waals surface area contributed by atoms with E-state index in [9.17, 15) is 10.2 Å². The van der Waals surface area contributed by atoms with Crippen molar-refractivity contribution in [1.82, 2.24) is 9.97 Å². The molecule has 166 valence electrons. The first-order valence-electron chi connectivity index (χ1n) is 12.0. The highest BCUT2D eigenvalue weighted by atomic mass is 16.3. The second-order valence-corrected chi connectivity index (χ2v) is 11.1. The summed E-state index contributed by atoms with van der Waals surface area (Å²) in [6.07, 6.45) is 15.9. The van der Waals surface area contributed by atoms with Crippen LogP contribution >= 0.6 is 0 Å². The van der Waals surface area contributed by atoms with Crippen molar-refractivity contribution in [3.63, 3.8) is 0 Å². The number of aliphatic hydroxyl groups is 2. The number of nitrogens with one attached hydrogen (secondary N) is 2. The summed E-state index contributed by atoms with van der Waals surface area (Å²) in [5.74, 6) is 2.78. The van der Waals surface area contributed by atoms with Crippen LogP contribution in [-0.4, -0.2) is 38.1 Å². The Labute approximate surface area is 180 Å². The molecule has 0 aromatic carbocycles. The first-order valence-corrected chi connectivity index (χ1v) is 12.0. The van der Waals surface area contributed by atoms with Crippen LogP contribution in [-0.2, 0) is 0 Å². The number of anilines is 1. The van der Waals surface area contributed by atoms with Crippen LogP contribution in [0.25, 0.3) is 0 Å². The number of fused-ring (bicyclic) bond motifs is 5. The van der Waals surface area contributed by atoms with E-state index in [0.29, 0.717) is 35.0 Å². The van der Waals surface area contributed by atoms with Gasteiger partial charge in [0.25, 0.3) is 0 Å². The largest absolute Gasteiger partial charge is 0.393 e. The zero-order chi connectivity index (χ0) is 21.0. The van der Waals surface area contributed by atoms with Gasteiger partial charge in [-0.05, 0) is 98.7 Å². The van der Waals surface area contributed by atoms with E-state index in [0.717, 1.165) is 51.4 Å². The van der Waals surface area contributed by atoms with Crippen molar-refractivity contribution in [2.75, 3.05) is 5.43 Å². The van der Waals surface area contributed by atoms with Gasteiger partial charge in [0.1, 0.15) is 0 Å². The van der Waals surface area contributed by atoms with Gasteiger partial charge >= 0.3 is 0 Å². The smallest absolute Gasteiger partial charge is 0.220 e. The molecule has 6 heteroatoms. The maximum Gasteiger partial charge on any atom is 0.220 e. The lowest BCUT2D eigenvalue weighted by atomic mass is 9.43. The van der Waals surface area contributed by atoms with Crippen LogP contribution in [0.1, 0.15) is 78.1 Å². The summed E-state index contributed by atoms with van der Waals surface area (Å²) in [5, 5.41) is 26.7. The third-order valence-corrected chi connectivity index (χ3v) is 10.2. The highest BCUT2D eigenvalue weighted by molar-refractivity contribution is 5.59. The predicted molar refractivity (Wildman–Crippen MR) is 118 cm³/mol. The number of imidazole rings is 1. The molecule has 4 aliphatic rings. The van der Waals surface area contributed by atoms with E-state index >= 15 is 0 Å². The Bertz CT molecular complexity index is 782. The summed E-state index contributed by atoms with van der Waals surface area (Å²) < 4.78 is 0. The number of rotatable bonds is 4. The van der Waals surface area contributed by atoms with Crippen molar-refractivity contribution in [2.24, 2.45) is 39.6 Å². The van der Waals surface area contributed by atoms with Crippen LogP contribution in [0.3, 0.4) is 0 Å². The molecule has 5 rings (SSSR count). The Morgan fingerprint density at radius 1 is 1.17 bits per heavy atom. The van der Waals surface area contributed by atoms with Crippen molar-refractivity contribution in [2.45, 2.75) is 89.8 Å². The highest BCUT2D eigenvalue weighted by Crippen LogP contribution is 2.69. The van der Waals surface area contributed by atoms with Gasteiger partial charge in [-0.3, -0.25) is 0 Å². The van der Waals surface area contributed by atoms with Gasteiger partial charge in [0.15, 0.2) is 0 Å². The molecule has 0 saturated heterocycles. The lowest BCUT2D eigenvalue weighted by molar-refractivity contribution is -0.209. The van der Waals surface area contributed by atoms with Crippen molar-refractivity contribution in [3.05, 3.63) is 12.4 Å². The van der Waals surface area contributed by atoms with Gasteiger partial charge in [-0.2, -0.15) is 5.10 Å². The molecule has 0 unspecified atom stereocenters. The molecule has 0 spiro atoms. The Balaban J connectivity index is 1.31. The quantitative estimate of drug-likeness (QED) is 0.436. The number of hydrogen-bond acceptors (Lipinski definition) is 5. The third kappa shape index (κ3) is 2.97. The molecule has 4 N–H and O–H groups in total. The number of aromatic nitrogens is 2. The van der Waals surface area contributed by atoms with E-state index in [-0.39, 0.29) is 11.5 Å². The van der Waals surface area contributed by atoms with Gasteiger partial charge in [-0.1, -0.05) is 13.8 Å².